The number of furan rings is 1. The summed E-state index contributed by atoms with van der Waals surface area (Å²) in [5, 5.41) is 1.22. The van der Waals surface area contributed by atoms with Gasteiger partial charge in [0.1, 0.15) is 23.7 Å². The lowest BCUT2D eigenvalue weighted by Crippen LogP contribution is -2.35. The lowest BCUT2D eigenvalue weighted by Gasteiger charge is -2.14. The van der Waals surface area contributed by atoms with Crippen LogP contribution in [0.15, 0.2) is 64.6 Å². The fourth-order valence-corrected chi connectivity index (χ4v) is 3.52. The Hall–Kier alpha value is -4.13. The van der Waals surface area contributed by atoms with E-state index >= 15 is 0 Å². The van der Waals surface area contributed by atoms with Gasteiger partial charge < -0.3 is 9.15 Å². The second kappa shape index (κ2) is 6.73. The molecule has 1 saturated heterocycles. The molecule has 5 rings (SSSR count). The van der Waals surface area contributed by atoms with Crippen molar-refractivity contribution in [2.45, 2.75) is 13.5 Å². The van der Waals surface area contributed by atoms with Gasteiger partial charge in [-0.2, -0.15) is 0 Å². The van der Waals surface area contributed by atoms with Gasteiger partial charge in [-0.1, -0.05) is 18.2 Å². The molecule has 3 heterocycles. The van der Waals surface area contributed by atoms with E-state index in [0.29, 0.717) is 22.8 Å². The Morgan fingerprint density at radius 3 is 2.73 bits per heavy atom. The third-order valence-corrected chi connectivity index (χ3v) is 5.03. The zero-order valence-corrected chi connectivity index (χ0v) is 16.0. The molecule has 0 atom stereocenters. The van der Waals surface area contributed by atoms with Gasteiger partial charge in [0.25, 0.3) is 11.8 Å². The molecule has 0 unspecified atom stereocenters. The average molecular weight is 400 g/mol. The summed E-state index contributed by atoms with van der Waals surface area (Å²) in [6, 6.07) is 16.0. The minimum absolute atomic E-state index is 0.00893. The number of esters is 1. The van der Waals surface area contributed by atoms with E-state index in [9.17, 15) is 14.4 Å². The summed E-state index contributed by atoms with van der Waals surface area (Å²) in [5.41, 5.74) is 6.26. The molecule has 2 amide bonds. The van der Waals surface area contributed by atoms with E-state index in [2.05, 4.69) is 5.43 Å². The maximum absolute atomic E-state index is 12.8. The first kappa shape index (κ1) is 17.9. The molecule has 7 heteroatoms. The molecule has 1 N–H and O–H groups in total. The molecular formula is C23H16N2O5. The molecule has 0 aliphatic carbocycles. The Morgan fingerprint density at radius 1 is 1.03 bits per heavy atom. The molecule has 148 valence electrons. The quantitative estimate of drug-likeness (QED) is 0.414. The fourth-order valence-electron chi connectivity index (χ4n) is 3.52. The van der Waals surface area contributed by atoms with Crippen LogP contribution in [0.4, 0.5) is 5.69 Å². The van der Waals surface area contributed by atoms with E-state index in [-0.39, 0.29) is 18.1 Å². The number of nitrogens with zero attached hydrogens (tertiary/aromatic N) is 1. The third kappa shape index (κ3) is 2.97. The second-order valence-corrected chi connectivity index (χ2v) is 7.13. The monoisotopic (exact) mass is 400 g/mol. The van der Waals surface area contributed by atoms with Crippen LogP contribution < -0.4 is 10.4 Å². The number of carbonyl (C=O) groups excluding carboxylic acids is 3. The molecule has 1 fully saturated rings. The number of aryl methyl sites for hydroxylation is 1. The van der Waals surface area contributed by atoms with Crippen LogP contribution in [0.1, 0.15) is 27.2 Å². The van der Waals surface area contributed by atoms with Crippen molar-refractivity contribution < 1.29 is 23.5 Å². The summed E-state index contributed by atoms with van der Waals surface area (Å²) in [4.78, 5) is 36.7. The van der Waals surface area contributed by atoms with Crippen LogP contribution in [0.5, 0.6) is 0 Å². The highest BCUT2D eigenvalue weighted by molar-refractivity contribution is 6.31. The zero-order valence-electron chi connectivity index (χ0n) is 16.0. The number of hydrogen-bond donors (Lipinski definition) is 1. The number of nitrogens with one attached hydrogen (secondary N) is 1. The highest BCUT2D eigenvalue weighted by Gasteiger charge is 2.34. The third-order valence-electron chi connectivity index (χ3n) is 5.03. The molecule has 0 saturated carbocycles. The first-order chi connectivity index (χ1) is 14.5. The highest BCUT2D eigenvalue weighted by Crippen LogP contribution is 2.29. The Morgan fingerprint density at radius 2 is 1.90 bits per heavy atom. The normalized spacial score (nSPS) is 16.8. The van der Waals surface area contributed by atoms with Gasteiger partial charge in [0.15, 0.2) is 0 Å². The number of anilines is 1. The standard InChI is InChI=1S/C23H16N2O5/c1-13-3-2-4-16(9-13)25-22(27)19(21(26)24-25)11-17-6-8-20(30-17)14-5-7-18-15(10-14)12-29-23(18)28/h2-11H,12H2,1H3,(H,24,26)/b19-11+. The lowest BCUT2D eigenvalue weighted by molar-refractivity contribution is -0.117. The first-order valence-corrected chi connectivity index (χ1v) is 9.34. The number of amides is 2. The topological polar surface area (TPSA) is 88.8 Å². The zero-order chi connectivity index (χ0) is 20.8. The van der Waals surface area contributed by atoms with E-state index in [1.54, 1.807) is 30.3 Å². The van der Waals surface area contributed by atoms with E-state index in [1.807, 2.05) is 31.2 Å². The van der Waals surface area contributed by atoms with Gasteiger partial charge >= 0.3 is 5.97 Å². The predicted octanol–water partition coefficient (Wildman–Crippen LogP) is 3.39. The van der Waals surface area contributed by atoms with Gasteiger partial charge in [0.2, 0.25) is 0 Å². The van der Waals surface area contributed by atoms with Crippen molar-refractivity contribution in [1.82, 2.24) is 5.43 Å². The molecule has 30 heavy (non-hydrogen) atoms. The number of rotatable bonds is 3. The van der Waals surface area contributed by atoms with Crippen molar-refractivity contribution >= 4 is 29.5 Å². The number of carbonyl (C=O) groups is 3. The molecule has 7 nitrogen and oxygen atoms in total. The lowest BCUT2D eigenvalue weighted by atomic mass is 10.0. The van der Waals surface area contributed by atoms with Crippen LogP contribution in [-0.2, 0) is 20.9 Å². The molecule has 0 spiro atoms. The number of benzene rings is 2. The van der Waals surface area contributed by atoms with Gasteiger partial charge in [0, 0.05) is 11.1 Å². The molecule has 2 aliphatic heterocycles. The molecule has 0 radical (unpaired) electrons. The van der Waals surface area contributed by atoms with E-state index in [4.69, 9.17) is 9.15 Å². The summed E-state index contributed by atoms with van der Waals surface area (Å²) >= 11 is 0. The van der Waals surface area contributed by atoms with Crippen molar-refractivity contribution in [3.63, 3.8) is 0 Å². The van der Waals surface area contributed by atoms with E-state index in [1.165, 1.54) is 11.1 Å². The van der Waals surface area contributed by atoms with Gasteiger partial charge in [-0.25, -0.2) is 9.80 Å². The summed E-state index contributed by atoms with van der Waals surface area (Å²) in [5.74, 6) is -0.331. The maximum Gasteiger partial charge on any atom is 0.338 e. The molecule has 0 bridgehead atoms. The van der Waals surface area contributed by atoms with Gasteiger partial charge in [-0.3, -0.25) is 15.0 Å². The Bertz CT molecular complexity index is 1250. The Kier molecular flexibility index (Phi) is 4.03. The number of fused-ring (bicyclic) bond motifs is 1. The fraction of sp³-hybridized carbons (Fsp3) is 0.0870. The molecule has 2 aromatic carbocycles. The first-order valence-electron chi connectivity index (χ1n) is 9.34. The van der Waals surface area contributed by atoms with Crippen LogP contribution in [0, 0.1) is 6.92 Å². The van der Waals surface area contributed by atoms with Gasteiger partial charge in [0.05, 0.1) is 11.3 Å². The van der Waals surface area contributed by atoms with Crippen molar-refractivity contribution in [1.29, 1.82) is 0 Å². The molecule has 3 aromatic rings. The van der Waals surface area contributed by atoms with Gasteiger partial charge in [-0.05, 0) is 55.0 Å². The summed E-state index contributed by atoms with van der Waals surface area (Å²) in [7, 11) is 0. The van der Waals surface area contributed by atoms with Crippen LogP contribution >= 0.6 is 0 Å². The minimum Gasteiger partial charge on any atom is -0.457 e. The molecule has 2 aliphatic rings. The largest absolute Gasteiger partial charge is 0.457 e. The Balaban J connectivity index is 1.42. The van der Waals surface area contributed by atoms with Crippen molar-refractivity contribution in [2.24, 2.45) is 0 Å². The van der Waals surface area contributed by atoms with Gasteiger partial charge in [-0.15, -0.1) is 0 Å². The van der Waals surface area contributed by atoms with Crippen molar-refractivity contribution in [3.05, 3.63) is 82.6 Å². The smallest absolute Gasteiger partial charge is 0.338 e. The summed E-state index contributed by atoms with van der Waals surface area (Å²) < 4.78 is 10.8. The highest BCUT2D eigenvalue weighted by atomic mass is 16.5. The van der Waals surface area contributed by atoms with E-state index < -0.39 is 11.8 Å². The number of cyclic esters (lactones) is 1. The number of ether oxygens (including phenoxy) is 1. The second-order valence-electron chi connectivity index (χ2n) is 7.13. The Labute approximate surface area is 171 Å². The molecule has 1 aromatic heterocycles. The van der Waals surface area contributed by atoms with E-state index in [0.717, 1.165) is 16.7 Å². The van der Waals surface area contributed by atoms with Crippen LogP contribution in [0.2, 0.25) is 0 Å². The van der Waals surface area contributed by atoms with Crippen molar-refractivity contribution in [2.75, 3.05) is 5.01 Å². The van der Waals surface area contributed by atoms with Crippen LogP contribution in [0.3, 0.4) is 0 Å². The molecular weight excluding hydrogens is 384 g/mol. The average Bonchev–Trinajstić information content (AvgIpc) is 3.42. The van der Waals surface area contributed by atoms with Crippen LogP contribution in [0.25, 0.3) is 17.4 Å². The summed E-state index contributed by atoms with van der Waals surface area (Å²) in [6.07, 6.45) is 1.43. The SMILES string of the molecule is Cc1cccc(N2NC(=O)/C(=C\c3ccc(-c4ccc5c(c4)COC5=O)o3)C2=O)c1. The summed E-state index contributed by atoms with van der Waals surface area (Å²) in [6.45, 7) is 2.15. The van der Waals surface area contributed by atoms with Crippen LogP contribution in [-0.4, -0.2) is 17.8 Å². The number of hydrogen-bond acceptors (Lipinski definition) is 5. The maximum atomic E-state index is 12.8. The van der Waals surface area contributed by atoms with Crippen molar-refractivity contribution in [3.8, 4) is 11.3 Å². The minimum atomic E-state index is -0.493. The number of hydrazine groups is 1. The predicted molar refractivity (Wildman–Crippen MR) is 108 cm³/mol.